The molecule has 1 N–H and O–H groups in total. The first-order chi connectivity index (χ1) is 8.79. The quantitative estimate of drug-likeness (QED) is 0.661. The molecular weight excluding hydrogens is 238 g/mol. The van der Waals surface area contributed by atoms with Crippen molar-refractivity contribution in [2.24, 2.45) is 0 Å². The maximum Gasteiger partial charge on any atom is 0.104 e. The van der Waals surface area contributed by atoms with Crippen molar-refractivity contribution in [3.63, 3.8) is 0 Å². The molecule has 0 radical (unpaired) electrons. The highest BCUT2D eigenvalue weighted by Gasteiger charge is 2.23. The summed E-state index contributed by atoms with van der Waals surface area (Å²) >= 11 is 0. The zero-order valence-electron chi connectivity index (χ0n) is 13.5. The van der Waals surface area contributed by atoms with Crippen LogP contribution in [0.15, 0.2) is 0 Å². The molecule has 0 aliphatic carbocycles. The van der Waals surface area contributed by atoms with E-state index in [1.54, 1.807) is 0 Å². The van der Waals surface area contributed by atoms with Gasteiger partial charge in [-0.05, 0) is 61.1 Å². The molecule has 4 nitrogen and oxygen atoms in total. The third-order valence-electron chi connectivity index (χ3n) is 2.99. The summed E-state index contributed by atoms with van der Waals surface area (Å²) in [4.78, 5) is 2.26. The summed E-state index contributed by atoms with van der Waals surface area (Å²) in [6.45, 7) is 12.9. The lowest BCUT2D eigenvalue weighted by Gasteiger charge is -2.27. The van der Waals surface area contributed by atoms with Crippen LogP contribution in [0.3, 0.4) is 0 Å². The Bertz CT molecular complexity index is 273. The Balaban J connectivity index is 3.84. The predicted octanol–water partition coefficient (Wildman–Crippen LogP) is 2.40. The van der Waals surface area contributed by atoms with Crippen molar-refractivity contribution in [1.29, 1.82) is 5.26 Å². The summed E-state index contributed by atoms with van der Waals surface area (Å²) in [5, 5.41) is 12.6. The monoisotopic (exact) mass is 269 g/mol. The highest BCUT2D eigenvalue weighted by atomic mass is 16.5. The Morgan fingerprint density at radius 1 is 1.26 bits per heavy atom. The third-order valence-corrected chi connectivity index (χ3v) is 2.99. The van der Waals surface area contributed by atoms with Crippen molar-refractivity contribution in [2.45, 2.75) is 65.1 Å². The molecule has 1 unspecified atom stereocenters. The van der Waals surface area contributed by atoms with Crippen molar-refractivity contribution in [2.75, 3.05) is 26.7 Å². The standard InChI is InChI=1S/C15H31N3O/c1-13(2)17-15(5,12-16)8-7-9-18(6)10-11-19-14(3)4/h13-14,17H,7-11H2,1-6H3. The minimum absolute atomic E-state index is 0.297. The second kappa shape index (κ2) is 9.30. The molecule has 0 saturated carbocycles. The molecule has 19 heavy (non-hydrogen) atoms. The fourth-order valence-electron chi connectivity index (χ4n) is 2.06. The average molecular weight is 269 g/mol. The lowest BCUT2D eigenvalue weighted by atomic mass is 9.96. The Labute approximate surface area is 119 Å². The van der Waals surface area contributed by atoms with Crippen LogP contribution in [0.2, 0.25) is 0 Å². The maximum absolute atomic E-state index is 9.26. The molecule has 0 spiro atoms. The molecule has 0 aliphatic rings. The van der Waals surface area contributed by atoms with Gasteiger partial charge in [0.2, 0.25) is 0 Å². The van der Waals surface area contributed by atoms with Crippen LogP contribution in [0.1, 0.15) is 47.5 Å². The van der Waals surface area contributed by atoms with Gasteiger partial charge in [0, 0.05) is 12.6 Å². The molecule has 0 bridgehead atoms. The van der Waals surface area contributed by atoms with E-state index in [0.29, 0.717) is 12.1 Å². The number of likely N-dealkylation sites (N-methyl/N-ethyl adjacent to an activating group) is 1. The molecule has 112 valence electrons. The molecule has 0 heterocycles. The summed E-state index contributed by atoms with van der Waals surface area (Å²) < 4.78 is 5.53. The molecule has 1 atom stereocenters. The molecule has 4 heteroatoms. The zero-order chi connectivity index (χ0) is 14.9. The number of hydrogen-bond acceptors (Lipinski definition) is 4. The first-order valence-electron chi connectivity index (χ1n) is 7.28. The van der Waals surface area contributed by atoms with Crippen LogP contribution in [0.5, 0.6) is 0 Å². The summed E-state index contributed by atoms with van der Waals surface area (Å²) in [5.74, 6) is 0. The van der Waals surface area contributed by atoms with Crippen LogP contribution in [0, 0.1) is 11.3 Å². The Morgan fingerprint density at radius 3 is 2.37 bits per heavy atom. The zero-order valence-corrected chi connectivity index (χ0v) is 13.5. The van der Waals surface area contributed by atoms with Crippen molar-refractivity contribution in [3.05, 3.63) is 0 Å². The van der Waals surface area contributed by atoms with Crippen molar-refractivity contribution in [1.82, 2.24) is 10.2 Å². The Hall–Kier alpha value is -0.630. The second-order valence-corrected chi connectivity index (χ2v) is 6.07. The molecule has 0 aliphatic heterocycles. The van der Waals surface area contributed by atoms with Gasteiger partial charge in [-0.25, -0.2) is 0 Å². The fraction of sp³-hybridized carbons (Fsp3) is 0.933. The normalized spacial score (nSPS) is 14.9. The maximum atomic E-state index is 9.26. The van der Waals surface area contributed by atoms with Gasteiger partial charge in [-0.1, -0.05) is 0 Å². The van der Waals surface area contributed by atoms with Crippen LogP contribution in [-0.4, -0.2) is 49.3 Å². The predicted molar refractivity (Wildman–Crippen MR) is 80.1 cm³/mol. The number of hydrogen-bond donors (Lipinski definition) is 1. The number of nitriles is 1. The van der Waals surface area contributed by atoms with Gasteiger partial charge in [-0.2, -0.15) is 5.26 Å². The van der Waals surface area contributed by atoms with Crippen LogP contribution < -0.4 is 5.32 Å². The van der Waals surface area contributed by atoms with E-state index >= 15 is 0 Å². The smallest absolute Gasteiger partial charge is 0.104 e. The summed E-state index contributed by atoms with van der Waals surface area (Å²) in [5.41, 5.74) is -0.413. The molecular formula is C15H31N3O. The van der Waals surface area contributed by atoms with Gasteiger partial charge >= 0.3 is 0 Å². The van der Waals surface area contributed by atoms with Gasteiger partial charge in [0.05, 0.1) is 18.8 Å². The molecule has 0 rings (SSSR count). The van der Waals surface area contributed by atoms with Crippen LogP contribution in [0.4, 0.5) is 0 Å². The number of nitrogens with one attached hydrogen (secondary N) is 1. The van der Waals surface area contributed by atoms with E-state index in [0.717, 1.165) is 32.5 Å². The van der Waals surface area contributed by atoms with Crippen LogP contribution in [0.25, 0.3) is 0 Å². The number of nitrogens with zero attached hydrogens (tertiary/aromatic N) is 2. The van der Waals surface area contributed by atoms with E-state index in [9.17, 15) is 5.26 Å². The van der Waals surface area contributed by atoms with E-state index in [-0.39, 0.29) is 0 Å². The van der Waals surface area contributed by atoms with Crippen molar-refractivity contribution < 1.29 is 4.74 Å². The minimum Gasteiger partial charge on any atom is -0.377 e. The lowest BCUT2D eigenvalue weighted by molar-refractivity contribution is 0.0634. The van der Waals surface area contributed by atoms with Crippen LogP contribution >= 0.6 is 0 Å². The SMILES string of the molecule is CC(C)NC(C)(C#N)CCCN(C)CCOC(C)C. The van der Waals surface area contributed by atoms with E-state index < -0.39 is 5.54 Å². The average Bonchev–Trinajstić information content (AvgIpc) is 2.27. The molecule has 0 aromatic rings. The van der Waals surface area contributed by atoms with Crippen LogP contribution in [-0.2, 0) is 4.74 Å². The van der Waals surface area contributed by atoms with Gasteiger partial charge in [0.25, 0.3) is 0 Å². The topological polar surface area (TPSA) is 48.3 Å². The first-order valence-corrected chi connectivity index (χ1v) is 7.28. The fourth-order valence-corrected chi connectivity index (χ4v) is 2.06. The molecule has 0 aromatic carbocycles. The Morgan fingerprint density at radius 2 is 1.89 bits per heavy atom. The summed E-state index contributed by atoms with van der Waals surface area (Å²) in [6.07, 6.45) is 2.18. The summed E-state index contributed by atoms with van der Waals surface area (Å²) in [6, 6.07) is 2.72. The van der Waals surface area contributed by atoms with E-state index in [1.165, 1.54) is 0 Å². The van der Waals surface area contributed by atoms with Gasteiger partial charge < -0.3 is 9.64 Å². The first kappa shape index (κ1) is 18.4. The van der Waals surface area contributed by atoms with E-state index in [1.807, 2.05) is 6.92 Å². The number of ether oxygens (including phenoxy) is 1. The lowest BCUT2D eigenvalue weighted by Crippen LogP contribution is -2.45. The van der Waals surface area contributed by atoms with Gasteiger partial charge in [0.15, 0.2) is 0 Å². The van der Waals surface area contributed by atoms with Crippen molar-refractivity contribution >= 4 is 0 Å². The minimum atomic E-state index is -0.413. The van der Waals surface area contributed by atoms with Crippen molar-refractivity contribution in [3.8, 4) is 6.07 Å². The molecule has 0 saturated heterocycles. The largest absolute Gasteiger partial charge is 0.377 e. The molecule has 0 aromatic heterocycles. The number of rotatable bonds is 10. The van der Waals surface area contributed by atoms with Gasteiger partial charge in [0.1, 0.15) is 5.54 Å². The molecule has 0 fully saturated rings. The molecule has 0 amide bonds. The second-order valence-electron chi connectivity index (χ2n) is 6.07. The highest BCUT2D eigenvalue weighted by Crippen LogP contribution is 2.12. The van der Waals surface area contributed by atoms with Gasteiger partial charge in [-0.3, -0.25) is 5.32 Å². The van der Waals surface area contributed by atoms with Gasteiger partial charge in [-0.15, -0.1) is 0 Å². The summed E-state index contributed by atoms with van der Waals surface area (Å²) in [7, 11) is 2.10. The highest BCUT2D eigenvalue weighted by molar-refractivity contribution is 5.04. The third kappa shape index (κ3) is 9.89. The van der Waals surface area contributed by atoms with E-state index in [4.69, 9.17) is 4.74 Å². The Kier molecular flexibility index (Phi) is 8.99. The van der Waals surface area contributed by atoms with E-state index in [2.05, 4.69) is 51.0 Å².